The van der Waals surface area contributed by atoms with Crippen LogP contribution in [0, 0.1) is 0 Å². The lowest BCUT2D eigenvalue weighted by Crippen LogP contribution is -2.59. The van der Waals surface area contributed by atoms with Gasteiger partial charge in [0, 0.05) is 6.54 Å². The Labute approximate surface area is 113 Å². The highest BCUT2D eigenvalue weighted by Crippen LogP contribution is 2.25. The number of hydrogen-bond acceptors (Lipinski definition) is 2. The van der Waals surface area contributed by atoms with E-state index in [0.29, 0.717) is 13.0 Å². The van der Waals surface area contributed by atoms with Crippen molar-refractivity contribution < 1.29 is 9.59 Å². The van der Waals surface area contributed by atoms with Gasteiger partial charge in [-0.05, 0) is 12.0 Å². The largest absolute Gasteiger partial charge is 0.342 e. The number of hydrogen-bond donors (Lipinski definition) is 1. The molecule has 1 saturated heterocycles. The first-order chi connectivity index (χ1) is 9.19. The highest BCUT2D eigenvalue weighted by atomic mass is 16.2. The van der Waals surface area contributed by atoms with Crippen molar-refractivity contribution in [3.05, 3.63) is 48.6 Å². The maximum absolute atomic E-state index is 12.3. The van der Waals surface area contributed by atoms with Gasteiger partial charge in [0.1, 0.15) is 12.1 Å². The molecule has 4 heteroatoms. The minimum Gasteiger partial charge on any atom is -0.342 e. The molecule has 0 radical (unpaired) electrons. The molecule has 0 spiro atoms. The zero-order chi connectivity index (χ0) is 13.8. The van der Waals surface area contributed by atoms with Crippen LogP contribution in [0.4, 0.5) is 0 Å². The lowest BCUT2D eigenvalue weighted by atomic mass is 9.98. The van der Waals surface area contributed by atoms with Crippen LogP contribution < -0.4 is 5.32 Å². The van der Waals surface area contributed by atoms with Crippen LogP contribution in [0.1, 0.15) is 24.9 Å². The van der Waals surface area contributed by atoms with Crippen LogP contribution in [0.3, 0.4) is 0 Å². The summed E-state index contributed by atoms with van der Waals surface area (Å²) in [6, 6.07) is 8.36. The normalized spacial score (nSPS) is 23.1. The third kappa shape index (κ3) is 2.52. The van der Waals surface area contributed by atoms with E-state index in [1.54, 1.807) is 11.0 Å². The van der Waals surface area contributed by atoms with Crippen molar-refractivity contribution >= 4 is 11.8 Å². The van der Waals surface area contributed by atoms with E-state index in [-0.39, 0.29) is 11.8 Å². The number of carbonyl (C=O) groups excluding carboxylic acids is 2. The van der Waals surface area contributed by atoms with E-state index in [9.17, 15) is 9.59 Å². The summed E-state index contributed by atoms with van der Waals surface area (Å²) in [5, 5.41) is 2.79. The van der Waals surface area contributed by atoms with E-state index in [1.807, 2.05) is 37.3 Å². The van der Waals surface area contributed by atoms with Crippen molar-refractivity contribution in [2.75, 3.05) is 6.54 Å². The summed E-state index contributed by atoms with van der Waals surface area (Å²) in [6.07, 6.45) is 2.25. The summed E-state index contributed by atoms with van der Waals surface area (Å²) in [6.45, 7) is 5.93. The molecule has 0 bridgehead atoms. The van der Waals surface area contributed by atoms with Crippen molar-refractivity contribution in [3.63, 3.8) is 0 Å². The fraction of sp³-hybridized carbons (Fsp3) is 0.333. The number of benzene rings is 1. The lowest BCUT2D eigenvalue weighted by Gasteiger charge is -2.38. The number of nitrogens with zero attached hydrogens (tertiary/aromatic N) is 1. The summed E-state index contributed by atoms with van der Waals surface area (Å²) >= 11 is 0. The molecule has 1 fully saturated rings. The Kier molecular flexibility index (Phi) is 4.00. The maximum atomic E-state index is 12.3. The van der Waals surface area contributed by atoms with Crippen molar-refractivity contribution in [2.24, 2.45) is 0 Å². The SMILES string of the molecule is C=CCN1C(=O)C(CC)NC(=O)C1c1ccccc1. The molecule has 1 aliphatic rings. The number of rotatable bonds is 4. The molecule has 0 aromatic heterocycles. The van der Waals surface area contributed by atoms with E-state index >= 15 is 0 Å². The molecule has 2 unspecified atom stereocenters. The molecule has 1 aromatic carbocycles. The summed E-state index contributed by atoms with van der Waals surface area (Å²) in [5.74, 6) is -0.171. The first-order valence-electron chi connectivity index (χ1n) is 6.45. The second-order valence-electron chi connectivity index (χ2n) is 4.56. The fourth-order valence-corrected chi connectivity index (χ4v) is 2.36. The van der Waals surface area contributed by atoms with Crippen LogP contribution in [-0.4, -0.2) is 29.3 Å². The third-order valence-electron chi connectivity index (χ3n) is 3.31. The number of carbonyl (C=O) groups is 2. The Hall–Kier alpha value is -2.10. The number of amides is 2. The fourth-order valence-electron chi connectivity index (χ4n) is 2.36. The number of nitrogens with one attached hydrogen (secondary N) is 1. The molecular formula is C15H18N2O2. The zero-order valence-electron chi connectivity index (χ0n) is 11.0. The molecule has 2 rings (SSSR count). The first-order valence-corrected chi connectivity index (χ1v) is 6.45. The van der Waals surface area contributed by atoms with Gasteiger partial charge in [-0.15, -0.1) is 6.58 Å². The van der Waals surface area contributed by atoms with Crippen LogP contribution in [0.2, 0.25) is 0 Å². The second kappa shape index (κ2) is 5.69. The van der Waals surface area contributed by atoms with Gasteiger partial charge in [0.15, 0.2) is 0 Å². The predicted molar refractivity (Wildman–Crippen MR) is 73.3 cm³/mol. The molecule has 1 N–H and O–H groups in total. The van der Waals surface area contributed by atoms with Crippen LogP contribution in [0.25, 0.3) is 0 Å². The molecule has 0 aliphatic carbocycles. The number of piperazine rings is 1. The molecule has 2 amide bonds. The van der Waals surface area contributed by atoms with Gasteiger partial charge in [0.25, 0.3) is 0 Å². The summed E-state index contributed by atoms with van der Waals surface area (Å²) in [5.41, 5.74) is 0.824. The average Bonchev–Trinajstić information content (AvgIpc) is 2.44. The third-order valence-corrected chi connectivity index (χ3v) is 3.31. The van der Waals surface area contributed by atoms with E-state index in [0.717, 1.165) is 5.56 Å². The van der Waals surface area contributed by atoms with Gasteiger partial charge >= 0.3 is 0 Å². The molecule has 19 heavy (non-hydrogen) atoms. The lowest BCUT2D eigenvalue weighted by molar-refractivity contribution is -0.149. The Morgan fingerprint density at radius 2 is 2.00 bits per heavy atom. The summed E-state index contributed by atoms with van der Waals surface area (Å²) in [4.78, 5) is 26.2. The monoisotopic (exact) mass is 258 g/mol. The Bertz CT molecular complexity index is 484. The summed E-state index contributed by atoms with van der Waals surface area (Å²) < 4.78 is 0. The average molecular weight is 258 g/mol. The smallest absolute Gasteiger partial charge is 0.248 e. The van der Waals surface area contributed by atoms with Crippen molar-refractivity contribution in [2.45, 2.75) is 25.4 Å². The quantitative estimate of drug-likeness (QED) is 0.835. The molecule has 4 nitrogen and oxygen atoms in total. The van der Waals surface area contributed by atoms with Gasteiger partial charge in [0.05, 0.1) is 0 Å². The summed E-state index contributed by atoms with van der Waals surface area (Å²) in [7, 11) is 0. The maximum Gasteiger partial charge on any atom is 0.248 e. The van der Waals surface area contributed by atoms with E-state index < -0.39 is 12.1 Å². The molecular weight excluding hydrogens is 240 g/mol. The van der Waals surface area contributed by atoms with Crippen LogP contribution in [-0.2, 0) is 9.59 Å². The Balaban J connectivity index is 2.36. The zero-order valence-corrected chi connectivity index (χ0v) is 11.0. The molecule has 100 valence electrons. The van der Waals surface area contributed by atoms with E-state index in [1.165, 1.54) is 0 Å². The van der Waals surface area contributed by atoms with Gasteiger partial charge < -0.3 is 10.2 Å². The molecule has 0 saturated carbocycles. The van der Waals surface area contributed by atoms with Crippen molar-refractivity contribution in [1.82, 2.24) is 10.2 Å². The van der Waals surface area contributed by atoms with Crippen LogP contribution in [0.5, 0.6) is 0 Å². The Morgan fingerprint density at radius 1 is 1.32 bits per heavy atom. The molecule has 1 aliphatic heterocycles. The van der Waals surface area contributed by atoms with Gasteiger partial charge in [0.2, 0.25) is 11.8 Å². The highest BCUT2D eigenvalue weighted by Gasteiger charge is 2.39. The second-order valence-corrected chi connectivity index (χ2v) is 4.56. The van der Waals surface area contributed by atoms with Gasteiger partial charge in [-0.3, -0.25) is 9.59 Å². The highest BCUT2D eigenvalue weighted by molar-refractivity contribution is 5.97. The molecule has 2 atom stereocenters. The predicted octanol–water partition coefficient (Wildman–Crippen LogP) is 1.65. The minimum atomic E-state index is -0.561. The van der Waals surface area contributed by atoms with Gasteiger partial charge in [-0.25, -0.2) is 0 Å². The van der Waals surface area contributed by atoms with Gasteiger partial charge in [-0.1, -0.05) is 43.3 Å². The van der Waals surface area contributed by atoms with E-state index in [4.69, 9.17) is 0 Å². The standard InChI is InChI=1S/C15H18N2O2/c1-3-10-17-13(11-8-6-5-7-9-11)14(18)16-12(4-2)15(17)19/h3,5-9,12-13H,1,4,10H2,2H3,(H,16,18). The minimum absolute atomic E-state index is 0.0455. The van der Waals surface area contributed by atoms with Crippen LogP contribution >= 0.6 is 0 Å². The molecule has 1 aromatic rings. The van der Waals surface area contributed by atoms with Crippen LogP contribution in [0.15, 0.2) is 43.0 Å². The van der Waals surface area contributed by atoms with E-state index in [2.05, 4.69) is 11.9 Å². The first kappa shape index (κ1) is 13.3. The van der Waals surface area contributed by atoms with Gasteiger partial charge in [-0.2, -0.15) is 0 Å². The molecule has 1 heterocycles. The Morgan fingerprint density at radius 3 is 2.58 bits per heavy atom. The van der Waals surface area contributed by atoms with Crippen molar-refractivity contribution in [1.29, 1.82) is 0 Å². The topological polar surface area (TPSA) is 49.4 Å². The van der Waals surface area contributed by atoms with Crippen molar-refractivity contribution in [3.8, 4) is 0 Å².